The molecule has 0 aromatic heterocycles. The zero-order chi connectivity index (χ0) is 20.3. The summed E-state index contributed by atoms with van der Waals surface area (Å²) in [6.07, 6.45) is 0. The molecule has 0 N–H and O–H groups in total. The Bertz CT molecular complexity index is 976. The highest BCUT2D eigenvalue weighted by Gasteiger charge is 2.20. The number of hydrogen-bond donors (Lipinski definition) is 0. The molecular formula is C25H28O3. The maximum absolute atomic E-state index is 5.59. The van der Waals surface area contributed by atoms with E-state index in [1.807, 2.05) is 6.07 Å². The highest BCUT2D eigenvalue weighted by Crippen LogP contribution is 2.39. The average Bonchev–Trinajstić information content (AvgIpc) is 2.71. The van der Waals surface area contributed by atoms with Gasteiger partial charge >= 0.3 is 0 Å². The zero-order valence-corrected chi connectivity index (χ0v) is 17.5. The second-order valence-corrected chi connectivity index (χ2v) is 7.12. The lowest BCUT2D eigenvalue weighted by molar-refractivity contribution is 0.354. The first-order chi connectivity index (χ1) is 13.5. The number of aryl methyl sites for hydroxylation is 3. The van der Waals surface area contributed by atoms with Gasteiger partial charge in [0.05, 0.1) is 21.3 Å². The SMILES string of the molecule is COc1cc(C(c2ccc(C)c(C)c2)c2ccc(OC)c(OC)c2)ccc1C. The van der Waals surface area contributed by atoms with Crippen molar-refractivity contribution in [2.45, 2.75) is 26.7 Å². The predicted molar refractivity (Wildman–Crippen MR) is 114 cm³/mol. The van der Waals surface area contributed by atoms with Crippen LogP contribution in [0.1, 0.15) is 39.3 Å². The van der Waals surface area contributed by atoms with E-state index in [-0.39, 0.29) is 5.92 Å². The summed E-state index contributed by atoms with van der Waals surface area (Å²) in [5.74, 6) is 2.42. The lowest BCUT2D eigenvalue weighted by Gasteiger charge is -2.22. The second kappa shape index (κ2) is 8.39. The normalized spacial score (nSPS) is 11.8. The van der Waals surface area contributed by atoms with E-state index in [4.69, 9.17) is 14.2 Å². The van der Waals surface area contributed by atoms with Gasteiger partial charge in [0.2, 0.25) is 0 Å². The first kappa shape index (κ1) is 19.8. The van der Waals surface area contributed by atoms with Gasteiger partial charge in [-0.05, 0) is 72.4 Å². The fraction of sp³-hybridized carbons (Fsp3) is 0.280. The monoisotopic (exact) mass is 376 g/mol. The number of ether oxygens (including phenoxy) is 3. The molecule has 0 amide bonds. The van der Waals surface area contributed by atoms with Gasteiger partial charge in [-0.2, -0.15) is 0 Å². The zero-order valence-electron chi connectivity index (χ0n) is 17.5. The molecule has 0 aliphatic rings. The van der Waals surface area contributed by atoms with Crippen molar-refractivity contribution in [1.29, 1.82) is 0 Å². The van der Waals surface area contributed by atoms with Gasteiger partial charge in [0.15, 0.2) is 11.5 Å². The van der Waals surface area contributed by atoms with Crippen molar-refractivity contribution in [1.82, 2.24) is 0 Å². The fourth-order valence-corrected chi connectivity index (χ4v) is 3.57. The molecule has 3 nitrogen and oxygen atoms in total. The van der Waals surface area contributed by atoms with Crippen LogP contribution < -0.4 is 14.2 Å². The van der Waals surface area contributed by atoms with Crippen LogP contribution in [-0.4, -0.2) is 21.3 Å². The molecule has 0 aliphatic carbocycles. The predicted octanol–water partition coefficient (Wildman–Crippen LogP) is 5.82. The summed E-state index contributed by atoms with van der Waals surface area (Å²) >= 11 is 0. The summed E-state index contributed by atoms with van der Waals surface area (Å²) in [6, 6.07) is 19.2. The lowest BCUT2D eigenvalue weighted by Crippen LogP contribution is -2.06. The molecule has 3 aromatic carbocycles. The third-order valence-electron chi connectivity index (χ3n) is 5.37. The molecule has 0 spiro atoms. The van der Waals surface area contributed by atoms with Gasteiger partial charge in [-0.15, -0.1) is 0 Å². The molecule has 0 bridgehead atoms. The van der Waals surface area contributed by atoms with Crippen molar-refractivity contribution in [2.24, 2.45) is 0 Å². The third-order valence-corrected chi connectivity index (χ3v) is 5.37. The van der Waals surface area contributed by atoms with E-state index in [0.717, 1.165) is 28.4 Å². The Labute approximate surface area is 167 Å². The van der Waals surface area contributed by atoms with Crippen molar-refractivity contribution in [3.63, 3.8) is 0 Å². The maximum Gasteiger partial charge on any atom is 0.161 e. The minimum Gasteiger partial charge on any atom is -0.496 e. The van der Waals surface area contributed by atoms with Crippen molar-refractivity contribution >= 4 is 0 Å². The quantitative estimate of drug-likeness (QED) is 0.508. The van der Waals surface area contributed by atoms with Crippen LogP contribution in [0.15, 0.2) is 54.6 Å². The van der Waals surface area contributed by atoms with Gasteiger partial charge in [0, 0.05) is 5.92 Å². The molecule has 1 unspecified atom stereocenters. The minimum absolute atomic E-state index is 0.0635. The van der Waals surface area contributed by atoms with Crippen LogP contribution in [0.25, 0.3) is 0 Å². The van der Waals surface area contributed by atoms with Gasteiger partial charge < -0.3 is 14.2 Å². The topological polar surface area (TPSA) is 27.7 Å². The fourth-order valence-electron chi connectivity index (χ4n) is 3.57. The van der Waals surface area contributed by atoms with E-state index in [0.29, 0.717) is 0 Å². The van der Waals surface area contributed by atoms with Crippen LogP contribution in [-0.2, 0) is 0 Å². The van der Waals surface area contributed by atoms with Crippen LogP contribution in [0, 0.1) is 20.8 Å². The molecule has 3 heteroatoms. The standard InChI is InChI=1S/C25H28O3/c1-16-7-9-19(13-18(16)3)25(20-10-8-17(2)23(14-20)27-5)21-11-12-22(26-4)24(15-21)28-6/h7-15,25H,1-6H3. The van der Waals surface area contributed by atoms with Crippen LogP contribution in [0.5, 0.6) is 17.2 Å². The van der Waals surface area contributed by atoms with Crippen molar-refractivity contribution < 1.29 is 14.2 Å². The summed E-state index contributed by atoms with van der Waals surface area (Å²) in [5, 5.41) is 0. The van der Waals surface area contributed by atoms with Gasteiger partial charge in [-0.3, -0.25) is 0 Å². The molecule has 3 aromatic rings. The Balaban J connectivity index is 2.21. The van der Waals surface area contributed by atoms with E-state index in [9.17, 15) is 0 Å². The van der Waals surface area contributed by atoms with Crippen LogP contribution >= 0.6 is 0 Å². The van der Waals surface area contributed by atoms with Crippen molar-refractivity contribution in [3.05, 3.63) is 88.0 Å². The lowest BCUT2D eigenvalue weighted by atomic mass is 9.83. The summed E-state index contributed by atoms with van der Waals surface area (Å²) in [6.45, 7) is 6.35. The molecule has 0 heterocycles. The smallest absolute Gasteiger partial charge is 0.161 e. The summed E-state index contributed by atoms with van der Waals surface area (Å²) in [5.41, 5.74) is 7.25. The molecule has 28 heavy (non-hydrogen) atoms. The second-order valence-electron chi connectivity index (χ2n) is 7.12. The number of hydrogen-bond acceptors (Lipinski definition) is 3. The molecule has 3 rings (SSSR count). The van der Waals surface area contributed by atoms with E-state index >= 15 is 0 Å². The Hall–Kier alpha value is -2.94. The first-order valence-electron chi connectivity index (χ1n) is 9.42. The number of benzene rings is 3. The van der Waals surface area contributed by atoms with E-state index < -0.39 is 0 Å². The molecule has 1 atom stereocenters. The number of rotatable bonds is 6. The Kier molecular flexibility index (Phi) is 5.93. The Morgan fingerprint density at radius 3 is 1.57 bits per heavy atom. The van der Waals surface area contributed by atoms with Crippen LogP contribution in [0.2, 0.25) is 0 Å². The van der Waals surface area contributed by atoms with Crippen molar-refractivity contribution in [2.75, 3.05) is 21.3 Å². The maximum atomic E-state index is 5.59. The summed E-state index contributed by atoms with van der Waals surface area (Å²) < 4.78 is 16.6. The van der Waals surface area contributed by atoms with Crippen LogP contribution in [0.3, 0.4) is 0 Å². The molecule has 0 radical (unpaired) electrons. The molecular weight excluding hydrogens is 348 g/mol. The molecule has 146 valence electrons. The largest absolute Gasteiger partial charge is 0.496 e. The summed E-state index contributed by atoms with van der Waals surface area (Å²) in [4.78, 5) is 0. The van der Waals surface area contributed by atoms with Gasteiger partial charge in [-0.25, -0.2) is 0 Å². The van der Waals surface area contributed by atoms with Crippen LogP contribution in [0.4, 0.5) is 0 Å². The minimum atomic E-state index is 0.0635. The molecule has 0 saturated carbocycles. The highest BCUT2D eigenvalue weighted by atomic mass is 16.5. The average molecular weight is 376 g/mol. The van der Waals surface area contributed by atoms with Crippen molar-refractivity contribution in [3.8, 4) is 17.2 Å². The highest BCUT2D eigenvalue weighted by molar-refractivity contribution is 5.52. The van der Waals surface area contributed by atoms with Gasteiger partial charge in [0.1, 0.15) is 5.75 Å². The third kappa shape index (κ3) is 3.84. The molecule has 0 fully saturated rings. The van der Waals surface area contributed by atoms with E-state index in [1.165, 1.54) is 22.3 Å². The Morgan fingerprint density at radius 1 is 0.500 bits per heavy atom. The molecule has 0 aliphatic heterocycles. The number of methoxy groups -OCH3 is 3. The molecule has 0 saturated heterocycles. The first-order valence-corrected chi connectivity index (χ1v) is 9.42. The Morgan fingerprint density at radius 2 is 1.00 bits per heavy atom. The van der Waals surface area contributed by atoms with Gasteiger partial charge in [-0.1, -0.05) is 36.4 Å². The van der Waals surface area contributed by atoms with Gasteiger partial charge in [0.25, 0.3) is 0 Å². The van der Waals surface area contributed by atoms with E-state index in [2.05, 4.69) is 69.3 Å². The van der Waals surface area contributed by atoms with E-state index in [1.54, 1.807) is 21.3 Å². The summed E-state index contributed by atoms with van der Waals surface area (Å²) in [7, 11) is 5.04.